The lowest BCUT2D eigenvalue weighted by atomic mass is 9.53. The third-order valence-corrected chi connectivity index (χ3v) is 10.3. The molecule has 3 N–H and O–H groups in total. The summed E-state index contributed by atoms with van der Waals surface area (Å²) in [6.45, 7) is 12.4. The van der Waals surface area contributed by atoms with E-state index in [1.165, 1.54) is 11.1 Å². The van der Waals surface area contributed by atoms with E-state index in [4.69, 9.17) is 4.74 Å². The van der Waals surface area contributed by atoms with Crippen molar-refractivity contribution in [3.63, 3.8) is 0 Å². The molecule has 1 aliphatic heterocycles. The van der Waals surface area contributed by atoms with Crippen molar-refractivity contribution < 1.29 is 24.9 Å². The van der Waals surface area contributed by atoms with Gasteiger partial charge in [0.2, 0.25) is 0 Å². The molecule has 5 nitrogen and oxygen atoms in total. The first kappa shape index (κ1) is 27.8. The first-order valence-corrected chi connectivity index (χ1v) is 14.1. The summed E-state index contributed by atoms with van der Waals surface area (Å²) in [7, 11) is 0. The molecule has 2 saturated carbocycles. The second-order valence-electron chi connectivity index (χ2n) is 13.1. The van der Waals surface area contributed by atoms with E-state index in [0.717, 1.165) is 49.5 Å². The Morgan fingerprint density at radius 2 is 1.97 bits per heavy atom. The highest BCUT2D eigenvalue weighted by Crippen LogP contribution is 2.64. The molecule has 36 heavy (non-hydrogen) atoms. The Balaban J connectivity index is 1.66. The zero-order chi connectivity index (χ0) is 26.5. The number of allylic oxidation sites excluding steroid dienone is 5. The summed E-state index contributed by atoms with van der Waals surface area (Å²) >= 11 is 0. The molecule has 5 heteroatoms. The summed E-state index contributed by atoms with van der Waals surface area (Å²) in [6, 6.07) is 0. The summed E-state index contributed by atoms with van der Waals surface area (Å²) < 4.78 is 6.43. The first-order chi connectivity index (χ1) is 16.8. The van der Waals surface area contributed by atoms with Crippen LogP contribution in [0.5, 0.6) is 0 Å². The van der Waals surface area contributed by atoms with E-state index in [2.05, 4.69) is 19.1 Å². The van der Waals surface area contributed by atoms with Crippen molar-refractivity contribution in [3.8, 4) is 0 Å². The van der Waals surface area contributed by atoms with Crippen LogP contribution >= 0.6 is 0 Å². The molecular formula is C31H48O5. The van der Waals surface area contributed by atoms with Gasteiger partial charge in [0.1, 0.15) is 6.29 Å². The highest BCUT2D eigenvalue weighted by Gasteiger charge is 2.65. The second kappa shape index (κ2) is 10.1. The third-order valence-electron chi connectivity index (χ3n) is 10.3. The van der Waals surface area contributed by atoms with Gasteiger partial charge in [-0.25, -0.2) is 0 Å². The molecule has 1 saturated heterocycles. The van der Waals surface area contributed by atoms with Gasteiger partial charge in [0.25, 0.3) is 0 Å². The fraction of sp³-hybridized carbons (Fsp3) is 0.774. The van der Waals surface area contributed by atoms with Crippen molar-refractivity contribution in [1.82, 2.24) is 0 Å². The van der Waals surface area contributed by atoms with E-state index in [1.807, 2.05) is 34.6 Å². The first-order valence-electron chi connectivity index (χ1n) is 14.1. The van der Waals surface area contributed by atoms with Gasteiger partial charge in [-0.05, 0) is 122 Å². The zero-order valence-corrected chi connectivity index (χ0v) is 23.2. The van der Waals surface area contributed by atoms with Crippen LogP contribution in [0.15, 0.2) is 34.4 Å². The van der Waals surface area contributed by atoms with Crippen molar-refractivity contribution in [1.29, 1.82) is 0 Å². The Kier molecular flexibility index (Phi) is 7.81. The maximum absolute atomic E-state index is 11.9. The minimum Gasteiger partial charge on any atom is -0.390 e. The van der Waals surface area contributed by atoms with Gasteiger partial charge < -0.3 is 20.1 Å². The number of carbonyl (C=O) groups is 1. The molecule has 0 bridgehead atoms. The average Bonchev–Trinajstić information content (AvgIpc) is 3.09. The highest BCUT2D eigenvalue weighted by molar-refractivity contribution is 5.74. The molecule has 4 aliphatic rings. The number of hydrogen-bond acceptors (Lipinski definition) is 5. The Bertz CT molecular complexity index is 935. The fourth-order valence-corrected chi connectivity index (χ4v) is 8.35. The van der Waals surface area contributed by atoms with Crippen LogP contribution in [0.1, 0.15) is 92.9 Å². The lowest BCUT2D eigenvalue weighted by Gasteiger charge is -2.55. The van der Waals surface area contributed by atoms with Crippen molar-refractivity contribution in [2.75, 3.05) is 6.61 Å². The molecule has 3 aliphatic carbocycles. The lowest BCUT2D eigenvalue weighted by molar-refractivity contribution is -0.166. The Hall–Kier alpha value is -1.27. The SMILES string of the molecule is CC1=C[C@@H](/C=C(\C)[C@H](O)[C@@H]2C[C@H]3OCCC[C@@H]4/C(=C(\C)C=O)CC[C@](C)(O)[C@]43C2)[C@H](C(C)(C)O)CC1. The lowest BCUT2D eigenvalue weighted by Crippen LogP contribution is -2.58. The molecule has 8 atom stereocenters. The number of rotatable bonds is 5. The molecule has 4 rings (SSSR count). The number of ether oxygens (including phenoxy) is 1. The topological polar surface area (TPSA) is 87.0 Å². The fourth-order valence-electron chi connectivity index (χ4n) is 8.35. The predicted octanol–water partition coefficient (Wildman–Crippen LogP) is 5.29. The largest absolute Gasteiger partial charge is 0.390 e. The molecule has 0 unspecified atom stereocenters. The number of hydrogen-bond donors (Lipinski definition) is 3. The molecule has 0 aromatic carbocycles. The second-order valence-corrected chi connectivity index (χ2v) is 13.1. The maximum Gasteiger partial charge on any atom is 0.145 e. The van der Waals surface area contributed by atoms with Crippen LogP contribution in [0.3, 0.4) is 0 Å². The molecule has 0 aromatic heterocycles. The number of carbonyl (C=O) groups excluding carboxylic acids is 1. The number of aldehydes is 1. The standard InChI is InChI=1S/C31H48O5/c1-19-9-10-25(29(4,5)34)22(14-19)15-20(2)28(33)23-16-27-31(17-23)26(8-7-13-36-27)24(21(3)18-32)11-12-30(31,6)35/h14-15,18,22-23,25-28,33-35H,7-13,16-17H2,1-6H3/b20-15+,24-21+/t22-,23+,25+,26+,27+,28-,30-,31+/m0/s1. The summed E-state index contributed by atoms with van der Waals surface area (Å²) in [6.07, 6.45) is 11.1. The van der Waals surface area contributed by atoms with Crippen LogP contribution in [-0.2, 0) is 9.53 Å². The smallest absolute Gasteiger partial charge is 0.145 e. The highest BCUT2D eigenvalue weighted by atomic mass is 16.5. The summed E-state index contributed by atoms with van der Waals surface area (Å²) in [5, 5.41) is 34.3. The van der Waals surface area contributed by atoms with E-state index < -0.39 is 22.7 Å². The summed E-state index contributed by atoms with van der Waals surface area (Å²) in [5.74, 6) is 0.278. The van der Waals surface area contributed by atoms with Crippen LogP contribution in [0, 0.1) is 29.1 Å². The molecule has 0 radical (unpaired) electrons. The van der Waals surface area contributed by atoms with Crippen LogP contribution in [0.25, 0.3) is 0 Å². The predicted molar refractivity (Wildman–Crippen MR) is 142 cm³/mol. The van der Waals surface area contributed by atoms with Crippen molar-refractivity contribution in [2.45, 2.75) is 116 Å². The van der Waals surface area contributed by atoms with E-state index in [-0.39, 0.29) is 29.8 Å². The van der Waals surface area contributed by atoms with E-state index in [9.17, 15) is 20.1 Å². The summed E-state index contributed by atoms with van der Waals surface area (Å²) in [5.41, 5.74) is 2.05. The molecule has 1 spiro atoms. The normalized spacial score (nSPS) is 42.1. The Morgan fingerprint density at radius 3 is 2.64 bits per heavy atom. The van der Waals surface area contributed by atoms with Crippen molar-refractivity contribution >= 4 is 6.29 Å². The molecule has 202 valence electrons. The van der Waals surface area contributed by atoms with Gasteiger partial charge in [-0.1, -0.05) is 23.3 Å². The van der Waals surface area contributed by atoms with Crippen molar-refractivity contribution in [3.05, 3.63) is 34.4 Å². The van der Waals surface area contributed by atoms with Gasteiger partial charge in [-0.3, -0.25) is 4.79 Å². The maximum atomic E-state index is 11.9. The van der Waals surface area contributed by atoms with Crippen LogP contribution < -0.4 is 0 Å². The van der Waals surface area contributed by atoms with Gasteiger partial charge >= 0.3 is 0 Å². The van der Waals surface area contributed by atoms with Gasteiger partial charge in [-0.15, -0.1) is 0 Å². The van der Waals surface area contributed by atoms with Crippen LogP contribution in [0.2, 0.25) is 0 Å². The zero-order valence-electron chi connectivity index (χ0n) is 23.2. The molecule has 0 aromatic rings. The van der Waals surface area contributed by atoms with Crippen molar-refractivity contribution in [2.24, 2.45) is 29.1 Å². The summed E-state index contributed by atoms with van der Waals surface area (Å²) in [4.78, 5) is 11.8. The van der Waals surface area contributed by atoms with Gasteiger partial charge in [0.15, 0.2) is 0 Å². The van der Waals surface area contributed by atoms with E-state index in [1.54, 1.807) is 0 Å². The quantitative estimate of drug-likeness (QED) is 0.271. The minimum absolute atomic E-state index is 0.0246. The molecule has 3 fully saturated rings. The Morgan fingerprint density at radius 1 is 1.25 bits per heavy atom. The molecular weight excluding hydrogens is 452 g/mol. The number of aliphatic hydroxyl groups is 3. The molecule has 0 amide bonds. The van der Waals surface area contributed by atoms with E-state index >= 15 is 0 Å². The van der Waals surface area contributed by atoms with Gasteiger partial charge in [-0.2, -0.15) is 0 Å². The van der Waals surface area contributed by atoms with Gasteiger partial charge in [0.05, 0.1) is 23.4 Å². The average molecular weight is 501 g/mol. The van der Waals surface area contributed by atoms with E-state index in [0.29, 0.717) is 25.9 Å². The number of aliphatic hydroxyl groups excluding tert-OH is 1. The minimum atomic E-state index is -0.916. The van der Waals surface area contributed by atoms with Gasteiger partial charge in [0, 0.05) is 17.9 Å². The third kappa shape index (κ3) is 4.81. The monoisotopic (exact) mass is 500 g/mol. The van der Waals surface area contributed by atoms with Crippen LogP contribution in [0.4, 0.5) is 0 Å². The Labute approximate surface area is 217 Å². The molecule has 1 heterocycles. The van der Waals surface area contributed by atoms with Crippen LogP contribution in [-0.4, -0.2) is 51.6 Å².